The summed E-state index contributed by atoms with van der Waals surface area (Å²) in [5.74, 6) is 0.277. The van der Waals surface area contributed by atoms with Crippen LogP contribution in [-0.2, 0) is 0 Å². The van der Waals surface area contributed by atoms with E-state index in [0.29, 0.717) is 0 Å². The van der Waals surface area contributed by atoms with Gasteiger partial charge in [0.2, 0.25) is 0 Å². The second-order valence-corrected chi connectivity index (χ2v) is 6.63. The molecule has 1 aromatic carbocycles. The van der Waals surface area contributed by atoms with Crippen LogP contribution < -0.4 is 0 Å². The maximum atomic E-state index is 10.1. The van der Waals surface area contributed by atoms with E-state index in [1.54, 1.807) is 17.4 Å². The molecule has 0 unspecified atom stereocenters. The van der Waals surface area contributed by atoms with Gasteiger partial charge in [-0.05, 0) is 34.5 Å². The van der Waals surface area contributed by atoms with Crippen molar-refractivity contribution in [2.24, 2.45) is 0 Å². The molecule has 0 fully saturated rings. The maximum Gasteiger partial charge on any atom is 0.137 e. The first-order chi connectivity index (χ1) is 13.2. The van der Waals surface area contributed by atoms with E-state index in [2.05, 4.69) is 46.7 Å². The quantitative estimate of drug-likeness (QED) is 0.386. The van der Waals surface area contributed by atoms with Gasteiger partial charge in [0.15, 0.2) is 0 Å². The minimum absolute atomic E-state index is 0.277. The molecule has 2 N–H and O–H groups in total. The highest BCUT2D eigenvalue weighted by Gasteiger charge is 2.11. The number of thiophene rings is 1. The second-order valence-electron chi connectivity index (χ2n) is 5.85. The molecule has 142 valence electrons. The van der Waals surface area contributed by atoms with Crippen molar-refractivity contribution in [3.8, 4) is 28.0 Å². The molecule has 0 bridgehead atoms. The number of aromatic nitrogens is 2. The van der Waals surface area contributed by atoms with Crippen molar-refractivity contribution in [3.05, 3.63) is 59.6 Å². The van der Waals surface area contributed by atoms with Gasteiger partial charge in [0.25, 0.3) is 0 Å². The van der Waals surface area contributed by atoms with Crippen LogP contribution in [0.5, 0.6) is 5.75 Å². The van der Waals surface area contributed by atoms with Crippen LogP contribution in [-0.4, -0.2) is 15.1 Å². The molecule has 27 heavy (non-hydrogen) atoms. The van der Waals surface area contributed by atoms with Crippen LogP contribution in [0.2, 0.25) is 0 Å². The van der Waals surface area contributed by atoms with E-state index < -0.39 is 0 Å². The third-order valence-corrected chi connectivity index (χ3v) is 4.76. The van der Waals surface area contributed by atoms with Crippen LogP contribution >= 0.6 is 11.3 Å². The van der Waals surface area contributed by atoms with E-state index in [9.17, 15) is 5.11 Å². The lowest BCUT2D eigenvalue weighted by atomic mass is 10.0. The molecule has 0 aliphatic carbocycles. The Bertz CT molecular complexity index is 940. The summed E-state index contributed by atoms with van der Waals surface area (Å²) in [6.45, 7) is 8.36. The summed E-state index contributed by atoms with van der Waals surface area (Å²) >= 11 is 1.67. The Labute approximate surface area is 165 Å². The number of H-pyrrole nitrogens is 1. The number of hydrogen-bond donors (Lipinski definition) is 2. The van der Waals surface area contributed by atoms with Gasteiger partial charge in [0, 0.05) is 34.5 Å². The number of aromatic amines is 1. The first-order valence-electron chi connectivity index (χ1n) is 9.52. The lowest BCUT2D eigenvalue weighted by molar-refractivity contribution is 0.477. The molecule has 0 amide bonds. The Balaban J connectivity index is 0.000000389. The molecule has 3 heterocycles. The van der Waals surface area contributed by atoms with E-state index in [1.165, 1.54) is 18.4 Å². The van der Waals surface area contributed by atoms with Gasteiger partial charge in [-0.15, -0.1) is 0 Å². The number of unbranched alkanes of at least 4 members (excludes halogenated alkanes) is 1. The lowest BCUT2D eigenvalue weighted by Gasteiger charge is -2.03. The van der Waals surface area contributed by atoms with Gasteiger partial charge in [-0.3, -0.25) is 0 Å². The van der Waals surface area contributed by atoms with Crippen molar-refractivity contribution in [2.75, 3.05) is 0 Å². The highest BCUT2D eigenvalue weighted by Crippen LogP contribution is 2.35. The van der Waals surface area contributed by atoms with Crippen molar-refractivity contribution in [3.63, 3.8) is 0 Å². The number of benzene rings is 1. The highest BCUT2D eigenvalue weighted by molar-refractivity contribution is 7.08. The second kappa shape index (κ2) is 10.5. The zero-order valence-corrected chi connectivity index (χ0v) is 17.3. The topological polar surface area (TPSA) is 48.9 Å². The van der Waals surface area contributed by atoms with Gasteiger partial charge in [-0.1, -0.05) is 58.7 Å². The predicted octanol–water partition coefficient (Wildman–Crippen LogP) is 7.50. The average molecular weight is 381 g/mol. The van der Waals surface area contributed by atoms with Gasteiger partial charge in [-0.2, -0.15) is 11.3 Å². The van der Waals surface area contributed by atoms with Crippen LogP contribution in [0.15, 0.2) is 59.6 Å². The number of para-hydroxylation sites is 1. The fourth-order valence-electron chi connectivity index (χ4n) is 2.51. The largest absolute Gasteiger partial charge is 0.507 e. The summed E-state index contributed by atoms with van der Waals surface area (Å²) in [5.41, 5.74) is 4.85. The minimum Gasteiger partial charge on any atom is -0.507 e. The smallest absolute Gasteiger partial charge is 0.137 e. The number of pyridine rings is 1. The summed E-state index contributed by atoms with van der Waals surface area (Å²) in [5, 5.41) is 15.2. The Kier molecular flexibility index (Phi) is 8.08. The molecular weight excluding hydrogens is 352 g/mol. The summed E-state index contributed by atoms with van der Waals surface area (Å²) < 4.78 is 0. The molecule has 0 aliphatic heterocycles. The third kappa shape index (κ3) is 4.98. The molecule has 0 saturated carbocycles. The van der Waals surface area contributed by atoms with Gasteiger partial charge in [-0.25, -0.2) is 4.98 Å². The van der Waals surface area contributed by atoms with Crippen molar-refractivity contribution < 1.29 is 5.11 Å². The van der Waals surface area contributed by atoms with Crippen LogP contribution in [0.25, 0.3) is 33.3 Å². The number of nitrogens with zero attached hydrogens (tertiary/aromatic N) is 1. The number of rotatable bonds is 3. The minimum atomic E-state index is 0.277. The van der Waals surface area contributed by atoms with Crippen molar-refractivity contribution in [1.29, 1.82) is 0 Å². The Morgan fingerprint density at radius 2 is 1.74 bits per heavy atom. The monoisotopic (exact) mass is 380 g/mol. The van der Waals surface area contributed by atoms with Crippen molar-refractivity contribution in [1.82, 2.24) is 9.97 Å². The molecule has 0 spiro atoms. The first-order valence-corrected chi connectivity index (χ1v) is 10.5. The Morgan fingerprint density at radius 1 is 1.00 bits per heavy atom. The van der Waals surface area contributed by atoms with E-state index in [4.69, 9.17) is 0 Å². The molecule has 0 saturated heterocycles. The molecule has 0 atom stereocenters. The van der Waals surface area contributed by atoms with Crippen LogP contribution in [0.3, 0.4) is 0 Å². The zero-order chi connectivity index (χ0) is 19.6. The first kappa shape index (κ1) is 20.7. The van der Waals surface area contributed by atoms with E-state index in [0.717, 1.165) is 27.7 Å². The fourth-order valence-corrected chi connectivity index (χ4v) is 3.18. The molecule has 4 rings (SSSR count). The molecular formula is C23H28N2OS. The number of phenolic OH excluding ortho intramolecular Hbond substituents is 1. The number of phenols is 1. The molecule has 3 aromatic heterocycles. The number of nitrogens with one attached hydrogen (secondary N) is 1. The Hall–Kier alpha value is -2.59. The summed E-state index contributed by atoms with van der Waals surface area (Å²) in [4.78, 5) is 7.65. The number of aromatic hydroxyl groups is 1. The molecule has 4 aromatic rings. The predicted molar refractivity (Wildman–Crippen MR) is 118 cm³/mol. The SMILES string of the molecule is CC.CCCC.Oc1ccccc1-c1c[nH]c2ncc(-c3ccsc3)cc12. The molecule has 0 aliphatic rings. The molecule has 4 heteroatoms. The van der Waals surface area contributed by atoms with E-state index in [1.807, 2.05) is 44.4 Å². The van der Waals surface area contributed by atoms with Crippen LogP contribution in [0, 0.1) is 0 Å². The van der Waals surface area contributed by atoms with Gasteiger partial charge >= 0.3 is 0 Å². The standard InChI is InChI=1S/C17H12N2OS.C4H10.C2H6/c20-16-4-2-1-3-13(16)15-9-19-17-14(15)7-12(8-18-17)11-5-6-21-10-11;1-3-4-2;1-2/h1-10,20H,(H,18,19);3-4H2,1-2H3;1-2H3. The lowest BCUT2D eigenvalue weighted by Crippen LogP contribution is -1.81. The molecule has 0 radical (unpaired) electrons. The summed E-state index contributed by atoms with van der Waals surface area (Å²) in [7, 11) is 0. The van der Waals surface area contributed by atoms with Crippen molar-refractivity contribution >= 4 is 22.4 Å². The summed E-state index contributed by atoms with van der Waals surface area (Å²) in [6, 6.07) is 11.6. The van der Waals surface area contributed by atoms with Crippen LogP contribution in [0.4, 0.5) is 0 Å². The number of hydrogen-bond acceptors (Lipinski definition) is 3. The fraction of sp³-hybridized carbons (Fsp3) is 0.261. The van der Waals surface area contributed by atoms with Gasteiger partial charge < -0.3 is 10.1 Å². The van der Waals surface area contributed by atoms with Gasteiger partial charge in [0.05, 0.1) is 0 Å². The third-order valence-electron chi connectivity index (χ3n) is 4.08. The summed E-state index contributed by atoms with van der Waals surface area (Å²) in [6.07, 6.45) is 6.40. The zero-order valence-electron chi connectivity index (χ0n) is 16.5. The van der Waals surface area contributed by atoms with Crippen molar-refractivity contribution in [2.45, 2.75) is 40.5 Å². The molecule has 3 nitrogen and oxygen atoms in total. The average Bonchev–Trinajstić information content (AvgIpc) is 3.40. The normalized spacial score (nSPS) is 9.93. The number of fused-ring (bicyclic) bond motifs is 1. The van der Waals surface area contributed by atoms with Crippen LogP contribution in [0.1, 0.15) is 40.5 Å². The highest BCUT2D eigenvalue weighted by atomic mass is 32.1. The maximum absolute atomic E-state index is 10.1. The van der Waals surface area contributed by atoms with E-state index in [-0.39, 0.29) is 5.75 Å². The Morgan fingerprint density at radius 3 is 2.37 bits per heavy atom. The van der Waals surface area contributed by atoms with Gasteiger partial charge in [0.1, 0.15) is 11.4 Å². The van der Waals surface area contributed by atoms with E-state index >= 15 is 0 Å².